The molecule has 0 saturated carbocycles. The number of ketones is 1. The lowest BCUT2D eigenvalue weighted by molar-refractivity contribution is -0.141. The molecule has 0 spiro atoms. The molecule has 0 radical (unpaired) electrons. The van der Waals surface area contributed by atoms with E-state index in [0.717, 1.165) is 26.0 Å². The second-order valence-electron chi connectivity index (χ2n) is 7.27. The van der Waals surface area contributed by atoms with Crippen molar-refractivity contribution in [1.29, 1.82) is 0 Å². The number of hydrogen-bond acceptors (Lipinski definition) is 8. The van der Waals surface area contributed by atoms with E-state index in [0.29, 0.717) is 4.31 Å². The molecule has 10 heteroatoms. The molecule has 0 aromatic heterocycles. The summed E-state index contributed by atoms with van der Waals surface area (Å²) in [4.78, 5) is 38.7. The van der Waals surface area contributed by atoms with Gasteiger partial charge in [-0.25, -0.2) is 22.3 Å². The molecule has 33 heavy (non-hydrogen) atoms. The minimum atomic E-state index is -4.43. The molecule has 1 unspecified atom stereocenters. The summed E-state index contributed by atoms with van der Waals surface area (Å²) in [6.07, 6.45) is -0.366. The predicted molar refractivity (Wildman–Crippen MR) is 115 cm³/mol. The molecule has 170 valence electrons. The second-order valence-corrected chi connectivity index (χ2v) is 9.08. The molecule has 2 heterocycles. The molecule has 2 aromatic rings. The summed E-state index contributed by atoms with van der Waals surface area (Å²) in [5.74, 6) is -2.51. The van der Waals surface area contributed by atoms with E-state index in [2.05, 4.69) is 0 Å². The zero-order valence-electron chi connectivity index (χ0n) is 17.9. The van der Waals surface area contributed by atoms with Gasteiger partial charge in [0.05, 0.1) is 30.3 Å². The van der Waals surface area contributed by atoms with E-state index in [-0.39, 0.29) is 21.8 Å². The van der Waals surface area contributed by atoms with Gasteiger partial charge in [0.1, 0.15) is 11.3 Å². The molecule has 0 saturated heterocycles. The Morgan fingerprint density at radius 2 is 1.61 bits per heavy atom. The highest BCUT2D eigenvalue weighted by Gasteiger charge is 2.48. The number of Topliss-reactive ketones (excluding diaryl/α,β-unsaturated/α-hetero) is 1. The number of rotatable bonds is 4. The van der Waals surface area contributed by atoms with Crippen LogP contribution in [0.1, 0.15) is 15.9 Å². The fraction of sp³-hybridized carbons (Fsp3) is 0.174. The number of fused-ring (bicyclic) bond motifs is 2. The molecular formula is C23H19NO8S. The Morgan fingerprint density at radius 1 is 0.970 bits per heavy atom. The molecule has 9 nitrogen and oxygen atoms in total. The number of methoxy groups -OCH3 is 2. The maximum atomic E-state index is 13.5. The lowest BCUT2D eigenvalue weighted by Gasteiger charge is -2.36. The fourth-order valence-corrected chi connectivity index (χ4v) is 4.99. The number of carbonyl (C=O) groups is 3. The molecule has 0 N–H and O–H groups in total. The van der Waals surface area contributed by atoms with Crippen LogP contribution in [0.3, 0.4) is 0 Å². The van der Waals surface area contributed by atoms with Gasteiger partial charge < -0.3 is 14.2 Å². The van der Waals surface area contributed by atoms with Gasteiger partial charge in [0.2, 0.25) is 0 Å². The first-order valence-electron chi connectivity index (χ1n) is 9.74. The van der Waals surface area contributed by atoms with Crippen molar-refractivity contribution in [3.63, 3.8) is 0 Å². The zero-order chi connectivity index (χ0) is 23.9. The minimum absolute atomic E-state index is 0.141. The number of hydrogen-bond donors (Lipinski definition) is 0. The van der Waals surface area contributed by atoms with E-state index >= 15 is 0 Å². The van der Waals surface area contributed by atoms with Gasteiger partial charge in [0.15, 0.2) is 17.6 Å². The van der Waals surface area contributed by atoms with Crippen LogP contribution in [0.5, 0.6) is 5.75 Å². The Balaban J connectivity index is 2.01. The fourth-order valence-electron chi connectivity index (χ4n) is 3.62. The summed E-state index contributed by atoms with van der Waals surface area (Å²) >= 11 is 0. The van der Waals surface area contributed by atoms with E-state index in [4.69, 9.17) is 14.2 Å². The third kappa shape index (κ3) is 3.58. The molecule has 2 aliphatic rings. The van der Waals surface area contributed by atoms with Crippen LogP contribution in [0.25, 0.3) is 0 Å². The predicted octanol–water partition coefficient (Wildman–Crippen LogP) is 2.13. The molecule has 0 bridgehead atoms. The van der Waals surface area contributed by atoms with Gasteiger partial charge in [0, 0.05) is 6.20 Å². The van der Waals surface area contributed by atoms with Gasteiger partial charge in [0.25, 0.3) is 10.0 Å². The van der Waals surface area contributed by atoms with Gasteiger partial charge in [-0.1, -0.05) is 29.8 Å². The van der Waals surface area contributed by atoms with E-state index in [1.807, 2.05) is 0 Å². The van der Waals surface area contributed by atoms with Crippen LogP contribution >= 0.6 is 0 Å². The number of aryl methyl sites for hydroxylation is 1. The number of sulfonamides is 1. The normalized spacial score (nSPS) is 17.4. The smallest absolute Gasteiger partial charge is 0.356 e. The molecule has 1 atom stereocenters. The zero-order valence-corrected chi connectivity index (χ0v) is 18.7. The summed E-state index contributed by atoms with van der Waals surface area (Å²) in [5, 5.41) is 0. The van der Waals surface area contributed by atoms with E-state index in [1.54, 1.807) is 31.2 Å². The lowest BCUT2D eigenvalue weighted by Crippen LogP contribution is -2.45. The van der Waals surface area contributed by atoms with Crippen LogP contribution in [-0.2, 0) is 29.1 Å². The third-order valence-corrected chi connectivity index (χ3v) is 6.95. The molecule has 0 aliphatic carbocycles. The van der Waals surface area contributed by atoms with Gasteiger partial charge in [-0.15, -0.1) is 0 Å². The van der Waals surface area contributed by atoms with Gasteiger partial charge in [-0.3, -0.25) is 4.79 Å². The average molecular weight is 469 g/mol. The van der Waals surface area contributed by atoms with Crippen LogP contribution in [0, 0.1) is 6.92 Å². The van der Waals surface area contributed by atoms with Crippen molar-refractivity contribution in [2.45, 2.75) is 17.9 Å². The summed E-state index contributed by atoms with van der Waals surface area (Å²) in [7, 11) is -2.31. The van der Waals surface area contributed by atoms with Gasteiger partial charge >= 0.3 is 11.9 Å². The minimum Gasteiger partial charge on any atom is -0.480 e. The standard InChI is InChI=1S/C23H19NO8S/c1-13-8-10-14(11-9-13)33(28,29)24-12-16-20(25)15-6-4-5-7-17(15)32-21(16)18(22(26)30-2)19(24)23(27)31-3/h4-12,21H,1-3H3. The van der Waals surface area contributed by atoms with Crippen molar-refractivity contribution in [3.05, 3.63) is 82.7 Å². The van der Waals surface area contributed by atoms with E-state index < -0.39 is 45.1 Å². The Hall–Kier alpha value is -3.92. The highest BCUT2D eigenvalue weighted by atomic mass is 32.2. The first-order valence-corrected chi connectivity index (χ1v) is 11.2. The molecular weight excluding hydrogens is 450 g/mol. The molecule has 2 aromatic carbocycles. The van der Waals surface area contributed by atoms with Crippen molar-refractivity contribution in [3.8, 4) is 5.75 Å². The lowest BCUT2D eigenvalue weighted by atomic mass is 9.88. The summed E-state index contributed by atoms with van der Waals surface area (Å²) in [5.41, 5.74) is -0.209. The monoisotopic (exact) mass is 469 g/mol. The van der Waals surface area contributed by atoms with Crippen LogP contribution < -0.4 is 4.74 Å². The van der Waals surface area contributed by atoms with Crippen molar-refractivity contribution >= 4 is 27.7 Å². The topological polar surface area (TPSA) is 116 Å². The summed E-state index contributed by atoms with van der Waals surface area (Å²) < 4.78 is 43.2. The SMILES string of the molecule is COC(=O)C1=C(C(=O)OC)N(S(=O)(=O)c2ccc(C)cc2)C=C2C(=O)c3ccccc3OC21. The van der Waals surface area contributed by atoms with Crippen LogP contribution in [-0.4, -0.2) is 50.8 Å². The Kier molecular flexibility index (Phi) is 5.54. The largest absolute Gasteiger partial charge is 0.480 e. The maximum Gasteiger partial charge on any atom is 0.356 e. The van der Waals surface area contributed by atoms with Crippen molar-refractivity contribution < 1.29 is 37.0 Å². The van der Waals surface area contributed by atoms with Gasteiger partial charge in [-0.2, -0.15) is 0 Å². The number of ether oxygens (including phenoxy) is 3. The van der Waals surface area contributed by atoms with E-state index in [1.165, 1.54) is 24.3 Å². The van der Waals surface area contributed by atoms with Crippen molar-refractivity contribution in [1.82, 2.24) is 4.31 Å². The number of para-hydroxylation sites is 1. The Morgan fingerprint density at radius 3 is 2.24 bits per heavy atom. The number of carbonyl (C=O) groups excluding carboxylic acids is 3. The van der Waals surface area contributed by atoms with Crippen LogP contribution in [0.2, 0.25) is 0 Å². The Bertz CT molecular complexity index is 1340. The number of benzene rings is 2. The highest BCUT2D eigenvalue weighted by molar-refractivity contribution is 7.89. The first kappa shape index (κ1) is 22.3. The molecule has 2 aliphatic heterocycles. The van der Waals surface area contributed by atoms with Crippen molar-refractivity contribution in [2.75, 3.05) is 14.2 Å². The highest BCUT2D eigenvalue weighted by Crippen LogP contribution is 2.40. The number of esters is 2. The summed E-state index contributed by atoms with van der Waals surface area (Å²) in [6, 6.07) is 12.2. The molecule has 4 rings (SSSR count). The maximum absolute atomic E-state index is 13.5. The van der Waals surface area contributed by atoms with Crippen molar-refractivity contribution in [2.24, 2.45) is 0 Å². The number of nitrogens with zero attached hydrogens (tertiary/aromatic N) is 1. The Labute approximate surface area is 189 Å². The van der Waals surface area contributed by atoms with Crippen LogP contribution in [0.15, 0.2) is 76.5 Å². The average Bonchev–Trinajstić information content (AvgIpc) is 2.82. The first-order chi connectivity index (χ1) is 15.7. The van der Waals surface area contributed by atoms with Crippen LogP contribution in [0.4, 0.5) is 0 Å². The summed E-state index contributed by atoms with van der Waals surface area (Å²) in [6.45, 7) is 1.79. The quantitative estimate of drug-likeness (QED) is 0.626. The molecule has 0 amide bonds. The second kappa shape index (κ2) is 8.21. The molecule has 0 fully saturated rings. The van der Waals surface area contributed by atoms with E-state index in [9.17, 15) is 22.8 Å². The third-order valence-electron chi connectivity index (χ3n) is 5.28. The van der Waals surface area contributed by atoms with Gasteiger partial charge in [-0.05, 0) is 31.2 Å².